The van der Waals surface area contributed by atoms with Crippen molar-refractivity contribution in [2.75, 3.05) is 5.75 Å². The first kappa shape index (κ1) is 12.9. The van der Waals surface area contributed by atoms with E-state index in [9.17, 15) is 13.2 Å². The maximum atomic E-state index is 11.1. The maximum Gasteiger partial charge on any atom is 0.322 e. The lowest BCUT2D eigenvalue weighted by Gasteiger charge is -2.11. The van der Waals surface area contributed by atoms with E-state index in [0.29, 0.717) is 0 Å². The molecule has 0 aliphatic heterocycles. The smallest absolute Gasteiger partial charge is 0.322 e. The summed E-state index contributed by atoms with van der Waals surface area (Å²) in [4.78, 5) is 10.6. The highest BCUT2D eigenvalue weighted by Crippen LogP contribution is 1.97. The van der Waals surface area contributed by atoms with Gasteiger partial charge in [0.15, 0.2) is 0 Å². The van der Waals surface area contributed by atoms with E-state index in [1.165, 1.54) is 12.2 Å². The SMILES string of the molecule is C=CCC(NS(=O)(=O)CC=C)C(=O)O. The van der Waals surface area contributed by atoms with Crippen LogP contribution in [0.4, 0.5) is 0 Å². The molecule has 0 aliphatic rings. The predicted octanol–water partition coefficient (Wildman–Crippen LogP) is 0.121. The standard InChI is InChI=1S/C8H13NO4S/c1-3-5-7(8(10)11)9-14(12,13)6-4-2/h3-4,7,9H,1-2,5-6H2,(H,10,11). The van der Waals surface area contributed by atoms with Crippen LogP contribution >= 0.6 is 0 Å². The van der Waals surface area contributed by atoms with Gasteiger partial charge in [-0.3, -0.25) is 4.79 Å². The fourth-order valence-electron chi connectivity index (χ4n) is 0.786. The van der Waals surface area contributed by atoms with Crippen LogP contribution < -0.4 is 4.72 Å². The van der Waals surface area contributed by atoms with Gasteiger partial charge in [-0.2, -0.15) is 0 Å². The number of sulfonamides is 1. The van der Waals surface area contributed by atoms with Crippen molar-refractivity contribution >= 4 is 16.0 Å². The minimum Gasteiger partial charge on any atom is -0.480 e. The summed E-state index contributed by atoms with van der Waals surface area (Å²) in [6.45, 7) is 6.60. The van der Waals surface area contributed by atoms with Gasteiger partial charge >= 0.3 is 5.97 Å². The Hall–Kier alpha value is -1.14. The van der Waals surface area contributed by atoms with Crippen LogP contribution in [0.25, 0.3) is 0 Å². The first-order valence-electron chi connectivity index (χ1n) is 3.87. The fraction of sp³-hybridized carbons (Fsp3) is 0.375. The summed E-state index contributed by atoms with van der Waals surface area (Å²) >= 11 is 0. The zero-order valence-corrected chi connectivity index (χ0v) is 8.46. The van der Waals surface area contributed by atoms with Crippen molar-refractivity contribution < 1.29 is 18.3 Å². The normalized spacial score (nSPS) is 13.1. The molecule has 0 bridgehead atoms. The molecule has 0 saturated heterocycles. The number of carbonyl (C=O) groups is 1. The Balaban J connectivity index is 4.51. The molecule has 80 valence electrons. The zero-order chi connectivity index (χ0) is 11.2. The molecular weight excluding hydrogens is 206 g/mol. The molecule has 0 spiro atoms. The van der Waals surface area contributed by atoms with E-state index in [-0.39, 0.29) is 12.2 Å². The summed E-state index contributed by atoms with van der Waals surface area (Å²) in [7, 11) is -3.59. The highest BCUT2D eigenvalue weighted by Gasteiger charge is 2.21. The Morgan fingerprint density at radius 3 is 2.36 bits per heavy atom. The van der Waals surface area contributed by atoms with Crippen LogP contribution in [0.2, 0.25) is 0 Å². The van der Waals surface area contributed by atoms with Gasteiger partial charge in [0.05, 0.1) is 5.75 Å². The number of nitrogens with one attached hydrogen (secondary N) is 1. The zero-order valence-electron chi connectivity index (χ0n) is 7.64. The van der Waals surface area contributed by atoms with E-state index in [1.807, 2.05) is 4.72 Å². The first-order chi connectivity index (χ1) is 6.43. The Bertz CT molecular complexity index is 320. The molecule has 0 fully saturated rings. The molecule has 0 heterocycles. The summed E-state index contributed by atoms with van der Waals surface area (Å²) < 4.78 is 24.3. The van der Waals surface area contributed by atoms with Crippen molar-refractivity contribution in [3.8, 4) is 0 Å². The Labute approximate surface area is 83.2 Å². The fourth-order valence-corrected chi connectivity index (χ4v) is 1.82. The quantitative estimate of drug-likeness (QED) is 0.596. The lowest BCUT2D eigenvalue weighted by molar-refractivity contribution is -0.138. The van der Waals surface area contributed by atoms with Gasteiger partial charge in [0.2, 0.25) is 10.0 Å². The molecule has 0 aromatic rings. The van der Waals surface area contributed by atoms with Gasteiger partial charge in [-0.15, -0.1) is 13.2 Å². The van der Waals surface area contributed by atoms with Crippen molar-refractivity contribution in [3.63, 3.8) is 0 Å². The van der Waals surface area contributed by atoms with Gasteiger partial charge in [0.25, 0.3) is 0 Å². The summed E-state index contributed by atoms with van der Waals surface area (Å²) in [6, 6.07) is -1.16. The van der Waals surface area contributed by atoms with Crippen molar-refractivity contribution in [3.05, 3.63) is 25.3 Å². The van der Waals surface area contributed by atoms with Gasteiger partial charge in [-0.25, -0.2) is 13.1 Å². The number of hydrogen-bond acceptors (Lipinski definition) is 3. The molecule has 6 heteroatoms. The second-order valence-corrected chi connectivity index (χ2v) is 4.40. The van der Waals surface area contributed by atoms with Crippen LogP contribution in [0, 0.1) is 0 Å². The maximum absolute atomic E-state index is 11.1. The number of carboxylic acid groups (broad SMARTS) is 1. The van der Waals surface area contributed by atoms with E-state index in [0.717, 1.165) is 0 Å². The monoisotopic (exact) mass is 219 g/mol. The van der Waals surface area contributed by atoms with Gasteiger partial charge in [0, 0.05) is 0 Å². The minimum absolute atomic E-state index is 0.0473. The lowest BCUT2D eigenvalue weighted by atomic mass is 10.2. The average molecular weight is 219 g/mol. The summed E-state index contributed by atoms with van der Waals surface area (Å²) in [6.07, 6.45) is 2.58. The van der Waals surface area contributed by atoms with Crippen LogP contribution in [-0.2, 0) is 14.8 Å². The predicted molar refractivity (Wildman–Crippen MR) is 53.4 cm³/mol. The van der Waals surface area contributed by atoms with Gasteiger partial charge in [-0.05, 0) is 6.42 Å². The van der Waals surface area contributed by atoms with Crippen LogP contribution in [0.15, 0.2) is 25.3 Å². The molecule has 2 N–H and O–H groups in total. The molecular formula is C8H13NO4S. The second-order valence-electron chi connectivity index (χ2n) is 2.60. The lowest BCUT2D eigenvalue weighted by Crippen LogP contribution is -2.41. The molecule has 0 saturated carbocycles. The molecule has 0 aromatic carbocycles. The molecule has 1 atom stereocenters. The van der Waals surface area contributed by atoms with Crippen molar-refractivity contribution in [1.29, 1.82) is 0 Å². The first-order valence-corrected chi connectivity index (χ1v) is 5.52. The third-order valence-corrected chi connectivity index (χ3v) is 2.68. The van der Waals surface area contributed by atoms with Gasteiger partial charge in [-0.1, -0.05) is 12.2 Å². The van der Waals surface area contributed by atoms with Crippen LogP contribution in [0.3, 0.4) is 0 Å². The molecule has 0 amide bonds. The largest absolute Gasteiger partial charge is 0.480 e. The van der Waals surface area contributed by atoms with Gasteiger partial charge in [0.1, 0.15) is 6.04 Å². The molecule has 0 aromatic heterocycles. The van der Waals surface area contributed by atoms with Crippen LogP contribution in [0.1, 0.15) is 6.42 Å². The van der Waals surface area contributed by atoms with E-state index in [1.54, 1.807) is 0 Å². The van der Waals surface area contributed by atoms with Crippen molar-refractivity contribution in [2.24, 2.45) is 0 Å². The topological polar surface area (TPSA) is 83.5 Å². The minimum atomic E-state index is -3.59. The highest BCUT2D eigenvalue weighted by molar-refractivity contribution is 7.89. The molecule has 5 nitrogen and oxygen atoms in total. The summed E-state index contributed by atoms with van der Waals surface area (Å²) in [5.74, 6) is -1.52. The third kappa shape index (κ3) is 4.78. The van der Waals surface area contributed by atoms with Crippen molar-refractivity contribution in [2.45, 2.75) is 12.5 Å². The number of rotatable bonds is 7. The van der Waals surface area contributed by atoms with Gasteiger partial charge < -0.3 is 5.11 Å². The van der Waals surface area contributed by atoms with E-state index in [2.05, 4.69) is 13.2 Å². The summed E-state index contributed by atoms with van der Waals surface area (Å²) in [5, 5.41) is 8.64. The molecule has 0 radical (unpaired) electrons. The second kappa shape index (κ2) is 5.56. The van der Waals surface area contributed by atoms with Crippen molar-refractivity contribution in [1.82, 2.24) is 4.72 Å². The molecule has 1 unspecified atom stereocenters. The average Bonchev–Trinajstić information content (AvgIpc) is 2.02. The molecule has 0 rings (SSSR count). The van der Waals surface area contributed by atoms with Crippen LogP contribution in [0.5, 0.6) is 0 Å². The van der Waals surface area contributed by atoms with E-state index >= 15 is 0 Å². The molecule has 0 aliphatic carbocycles. The number of aliphatic carboxylic acids is 1. The van der Waals surface area contributed by atoms with Crippen LogP contribution in [-0.4, -0.2) is 31.3 Å². The highest BCUT2D eigenvalue weighted by atomic mass is 32.2. The third-order valence-electron chi connectivity index (χ3n) is 1.36. The Morgan fingerprint density at radius 1 is 1.43 bits per heavy atom. The Morgan fingerprint density at radius 2 is 2.00 bits per heavy atom. The molecule has 14 heavy (non-hydrogen) atoms. The number of carboxylic acids is 1. The summed E-state index contributed by atoms with van der Waals surface area (Å²) in [5.41, 5.74) is 0. The Kier molecular flexibility index (Phi) is 5.11. The van der Waals surface area contributed by atoms with E-state index in [4.69, 9.17) is 5.11 Å². The number of hydrogen-bond donors (Lipinski definition) is 2. The van der Waals surface area contributed by atoms with E-state index < -0.39 is 22.0 Å².